The Morgan fingerprint density at radius 3 is 1.00 bits per heavy atom. The number of allylic oxidation sites excluding steroid dienone is 12. The molecule has 0 aliphatic carbocycles. The Morgan fingerprint density at radius 2 is 0.671 bits per heavy atom. The van der Waals surface area contributed by atoms with Gasteiger partial charge in [-0.3, -0.25) is 18.6 Å². The molecule has 2 unspecified atom stereocenters. The molecule has 85 heavy (non-hydrogen) atoms. The molecule has 0 spiro atoms. The first-order valence-electron chi connectivity index (χ1n) is 36.2. The van der Waals surface area contributed by atoms with Crippen molar-refractivity contribution in [2.75, 3.05) is 47.5 Å². The van der Waals surface area contributed by atoms with Crippen LogP contribution >= 0.6 is 7.82 Å². The number of quaternary nitrogens is 1. The second kappa shape index (κ2) is 65.9. The van der Waals surface area contributed by atoms with Gasteiger partial charge in [0.25, 0.3) is 0 Å². The predicted octanol–water partition coefficient (Wildman–Crippen LogP) is 23.6. The third-order valence-corrected chi connectivity index (χ3v) is 17.0. The van der Waals surface area contributed by atoms with Crippen LogP contribution in [-0.4, -0.2) is 74.9 Å². The van der Waals surface area contributed by atoms with Crippen molar-refractivity contribution >= 4 is 19.8 Å². The van der Waals surface area contributed by atoms with Gasteiger partial charge in [-0.15, -0.1) is 0 Å². The van der Waals surface area contributed by atoms with Gasteiger partial charge in [0.2, 0.25) is 0 Å². The minimum absolute atomic E-state index is 0.0211. The van der Waals surface area contributed by atoms with Gasteiger partial charge in [0.05, 0.1) is 27.7 Å². The van der Waals surface area contributed by atoms with Crippen molar-refractivity contribution in [1.82, 2.24) is 0 Å². The molecule has 10 heteroatoms. The van der Waals surface area contributed by atoms with Crippen molar-refractivity contribution in [3.8, 4) is 0 Å². The fraction of sp³-hybridized carbons (Fsp3) is 0.813. The number of rotatable bonds is 67. The van der Waals surface area contributed by atoms with Crippen molar-refractivity contribution in [2.24, 2.45) is 0 Å². The number of esters is 2. The maximum Gasteiger partial charge on any atom is 0.472 e. The largest absolute Gasteiger partial charge is 0.472 e. The van der Waals surface area contributed by atoms with Gasteiger partial charge < -0.3 is 18.9 Å². The van der Waals surface area contributed by atoms with Crippen LogP contribution in [0.1, 0.15) is 341 Å². The Bertz CT molecular complexity index is 1660. The van der Waals surface area contributed by atoms with E-state index >= 15 is 0 Å². The average Bonchev–Trinajstić information content (AvgIpc) is 3.49. The number of unbranched alkanes of at least 4 members (excludes halogenated alkanes) is 41. The van der Waals surface area contributed by atoms with E-state index in [9.17, 15) is 19.0 Å². The highest BCUT2D eigenvalue weighted by Crippen LogP contribution is 2.43. The molecule has 0 aromatic rings. The van der Waals surface area contributed by atoms with Crippen LogP contribution < -0.4 is 0 Å². The van der Waals surface area contributed by atoms with E-state index in [4.69, 9.17) is 18.5 Å². The zero-order chi connectivity index (χ0) is 61.9. The summed E-state index contributed by atoms with van der Waals surface area (Å²) in [4.78, 5) is 35.8. The highest BCUT2D eigenvalue weighted by Gasteiger charge is 2.27. The van der Waals surface area contributed by atoms with Crippen molar-refractivity contribution in [3.63, 3.8) is 0 Å². The summed E-state index contributed by atoms with van der Waals surface area (Å²) >= 11 is 0. The lowest BCUT2D eigenvalue weighted by Crippen LogP contribution is -2.37. The topological polar surface area (TPSA) is 108 Å². The first-order chi connectivity index (χ1) is 41.5. The van der Waals surface area contributed by atoms with E-state index in [1.54, 1.807) is 0 Å². The Balaban J connectivity index is 3.93. The van der Waals surface area contributed by atoms with E-state index in [-0.39, 0.29) is 32.0 Å². The molecule has 0 bridgehead atoms. The molecule has 0 saturated heterocycles. The van der Waals surface area contributed by atoms with Crippen LogP contribution in [0.15, 0.2) is 72.9 Å². The van der Waals surface area contributed by atoms with E-state index in [1.807, 2.05) is 21.1 Å². The monoisotopic (exact) mass is 1210 g/mol. The molecule has 0 fully saturated rings. The molecular formula is C75H139NO8P+. The standard InChI is InChI=1S/C75H138NO8P/c1-6-8-10-12-14-16-18-20-22-24-26-28-29-30-31-32-33-34-35-36-37-38-39-40-41-42-43-44-45-46-48-49-51-53-55-57-59-61-63-65-67-74(77)81-71-73(72-83-85(79,80)82-70-69-76(3,4)5)84-75(78)68-66-64-62-60-58-56-54-52-50-47-27-25-23-21-19-17-15-13-11-9-7-2/h9,11,15,17,21,23,27,47,52,54,58,60,73H,6-8,10,12-14,16,18-20,22,24-26,28-46,48-51,53,55-57,59,61-72H2,1-5H3/p+1/b11-9-,17-15-,23-21-,47-27-,54-52-,60-58-. The first-order valence-corrected chi connectivity index (χ1v) is 37.7. The average molecular weight is 1210 g/mol. The van der Waals surface area contributed by atoms with Crippen LogP contribution in [-0.2, 0) is 32.7 Å². The van der Waals surface area contributed by atoms with Crippen LogP contribution in [0.3, 0.4) is 0 Å². The smallest absolute Gasteiger partial charge is 0.462 e. The number of hydrogen-bond donors (Lipinski definition) is 1. The van der Waals surface area contributed by atoms with Crippen molar-refractivity contribution in [3.05, 3.63) is 72.9 Å². The number of likely N-dealkylation sites (N-methyl/N-ethyl adjacent to an activating group) is 1. The summed E-state index contributed by atoms with van der Waals surface area (Å²) < 4.78 is 34.6. The Kier molecular flexibility index (Phi) is 63.9. The Morgan fingerprint density at radius 1 is 0.376 bits per heavy atom. The molecule has 0 radical (unpaired) electrons. The zero-order valence-electron chi connectivity index (χ0n) is 56.6. The molecule has 0 aliphatic rings. The van der Waals surface area contributed by atoms with E-state index in [0.29, 0.717) is 17.4 Å². The van der Waals surface area contributed by atoms with Gasteiger partial charge in [0.15, 0.2) is 6.10 Å². The van der Waals surface area contributed by atoms with Gasteiger partial charge >= 0.3 is 19.8 Å². The number of carbonyl (C=O) groups excluding carboxylic acids is 2. The van der Waals surface area contributed by atoms with Crippen molar-refractivity contribution in [2.45, 2.75) is 347 Å². The summed E-state index contributed by atoms with van der Waals surface area (Å²) in [5, 5.41) is 0. The molecule has 0 saturated carbocycles. The lowest BCUT2D eigenvalue weighted by molar-refractivity contribution is -0.870. The number of nitrogens with zero attached hydrogens (tertiary/aromatic N) is 1. The van der Waals surface area contributed by atoms with Crippen molar-refractivity contribution in [1.29, 1.82) is 0 Å². The SMILES string of the molecule is CC/C=C\C/C=C\C/C=C\C/C=C\C/C=C\C/C=C\CCCCC(=O)OC(COC(=O)CCCCCCCCCCCCCCCCCCCCCCCCCCCCCCCCCCCCCCCCCC)COP(=O)(O)OCC[N+](C)(C)C. The molecule has 0 aliphatic heterocycles. The molecule has 0 amide bonds. The quantitative estimate of drug-likeness (QED) is 0.0211. The molecule has 496 valence electrons. The number of carbonyl (C=O) groups is 2. The van der Waals surface area contributed by atoms with Crippen LogP contribution in [0.5, 0.6) is 0 Å². The minimum atomic E-state index is -4.41. The van der Waals surface area contributed by atoms with E-state index in [2.05, 4.69) is 86.8 Å². The first kappa shape index (κ1) is 82.5. The predicted molar refractivity (Wildman–Crippen MR) is 367 cm³/mol. The van der Waals surface area contributed by atoms with Gasteiger partial charge in [0, 0.05) is 12.8 Å². The Hall–Kier alpha value is -2.55. The van der Waals surface area contributed by atoms with Crippen LogP contribution in [0.2, 0.25) is 0 Å². The maximum absolute atomic E-state index is 12.8. The molecule has 0 heterocycles. The molecule has 9 nitrogen and oxygen atoms in total. The fourth-order valence-electron chi connectivity index (χ4n) is 10.5. The highest BCUT2D eigenvalue weighted by molar-refractivity contribution is 7.47. The van der Waals surface area contributed by atoms with E-state index in [1.165, 1.54) is 238 Å². The number of ether oxygens (including phenoxy) is 2. The summed E-state index contributed by atoms with van der Waals surface area (Å²) in [6, 6.07) is 0. The Labute approximate surface area is 527 Å². The van der Waals surface area contributed by atoms with E-state index < -0.39 is 26.5 Å². The van der Waals surface area contributed by atoms with Gasteiger partial charge in [0.1, 0.15) is 19.8 Å². The van der Waals surface area contributed by atoms with E-state index in [0.717, 1.165) is 70.6 Å². The van der Waals surface area contributed by atoms with Gasteiger partial charge in [-0.25, -0.2) is 4.57 Å². The summed E-state index contributed by atoms with van der Waals surface area (Å²) in [5.74, 6) is -0.839. The van der Waals surface area contributed by atoms with Crippen molar-refractivity contribution < 1.29 is 42.1 Å². The van der Waals surface area contributed by atoms with Crippen LogP contribution in [0.4, 0.5) is 0 Å². The molecule has 0 aromatic heterocycles. The van der Waals surface area contributed by atoms with Gasteiger partial charge in [-0.1, -0.05) is 337 Å². The molecule has 0 rings (SSSR count). The number of hydrogen-bond acceptors (Lipinski definition) is 7. The summed E-state index contributed by atoms with van der Waals surface area (Å²) in [7, 11) is 1.45. The van der Waals surface area contributed by atoms with Gasteiger partial charge in [-0.2, -0.15) is 0 Å². The lowest BCUT2D eigenvalue weighted by atomic mass is 10.0. The third-order valence-electron chi connectivity index (χ3n) is 16.0. The minimum Gasteiger partial charge on any atom is -0.462 e. The zero-order valence-corrected chi connectivity index (χ0v) is 57.5. The molecular weight excluding hydrogens is 1070 g/mol. The highest BCUT2D eigenvalue weighted by atomic mass is 31.2. The second-order valence-electron chi connectivity index (χ2n) is 25.6. The number of phosphoric acid groups is 1. The normalized spacial score (nSPS) is 13.5. The fourth-order valence-corrected chi connectivity index (χ4v) is 11.2. The molecule has 0 aromatic carbocycles. The molecule has 2 atom stereocenters. The summed E-state index contributed by atoms with van der Waals surface area (Å²) in [5.41, 5.74) is 0. The summed E-state index contributed by atoms with van der Waals surface area (Å²) in [6.07, 6.45) is 89.1. The second-order valence-corrected chi connectivity index (χ2v) is 27.1. The molecule has 1 N–H and O–H groups in total. The number of phosphoric ester groups is 1. The maximum atomic E-state index is 12.8. The summed E-state index contributed by atoms with van der Waals surface area (Å²) in [6.45, 7) is 4.31. The van der Waals surface area contributed by atoms with Crippen LogP contribution in [0, 0.1) is 0 Å². The lowest BCUT2D eigenvalue weighted by Gasteiger charge is -2.24. The van der Waals surface area contributed by atoms with Crippen LogP contribution in [0.25, 0.3) is 0 Å². The third kappa shape index (κ3) is 70.4. The van der Waals surface area contributed by atoms with Gasteiger partial charge in [-0.05, 0) is 64.2 Å².